The Balaban J connectivity index is 1.93. The molecule has 3 rings (SSSR count). The van der Waals surface area contributed by atoms with Crippen molar-refractivity contribution in [1.82, 2.24) is 10.3 Å². The molecule has 0 amide bonds. The molecule has 0 bridgehead atoms. The van der Waals surface area contributed by atoms with Crippen LogP contribution in [0, 0.1) is 13.8 Å². The molecule has 2 aromatic rings. The van der Waals surface area contributed by atoms with Gasteiger partial charge in [0.1, 0.15) is 5.01 Å². The maximum Gasteiger partial charge on any atom is 0.114 e. The first-order valence-corrected chi connectivity index (χ1v) is 7.35. The summed E-state index contributed by atoms with van der Waals surface area (Å²) in [6.07, 6.45) is 2.60. The molecule has 1 unspecified atom stereocenters. The molecule has 94 valence electrons. The van der Waals surface area contributed by atoms with E-state index in [0.717, 1.165) is 5.69 Å². The van der Waals surface area contributed by atoms with E-state index in [-0.39, 0.29) is 6.04 Å². The van der Waals surface area contributed by atoms with Crippen LogP contribution >= 0.6 is 11.3 Å². The van der Waals surface area contributed by atoms with Gasteiger partial charge in [0.2, 0.25) is 0 Å². The minimum Gasteiger partial charge on any atom is -0.301 e. The van der Waals surface area contributed by atoms with E-state index in [1.54, 1.807) is 11.3 Å². The molecule has 0 saturated heterocycles. The van der Waals surface area contributed by atoms with Crippen molar-refractivity contribution in [3.8, 4) is 0 Å². The number of hydrogen-bond donors (Lipinski definition) is 1. The maximum atomic E-state index is 4.65. The van der Waals surface area contributed by atoms with Crippen LogP contribution in [0.3, 0.4) is 0 Å². The predicted molar refractivity (Wildman–Crippen MR) is 76.0 cm³/mol. The molecule has 18 heavy (non-hydrogen) atoms. The van der Waals surface area contributed by atoms with Gasteiger partial charge in [-0.3, -0.25) is 0 Å². The second kappa shape index (κ2) is 4.82. The van der Waals surface area contributed by atoms with Crippen molar-refractivity contribution in [1.29, 1.82) is 0 Å². The summed E-state index contributed by atoms with van der Waals surface area (Å²) >= 11 is 1.75. The predicted octanol–water partition coefficient (Wildman–Crippen LogP) is 3.60. The number of rotatable bonds is 4. The lowest BCUT2D eigenvalue weighted by molar-refractivity contribution is 0.597. The van der Waals surface area contributed by atoms with Gasteiger partial charge in [-0.15, -0.1) is 11.3 Å². The zero-order chi connectivity index (χ0) is 12.5. The van der Waals surface area contributed by atoms with E-state index in [4.69, 9.17) is 0 Å². The van der Waals surface area contributed by atoms with Gasteiger partial charge < -0.3 is 5.32 Å². The van der Waals surface area contributed by atoms with Crippen LogP contribution in [-0.2, 0) is 0 Å². The lowest BCUT2D eigenvalue weighted by atomic mass is 10.0. The first-order valence-electron chi connectivity index (χ1n) is 6.47. The van der Waals surface area contributed by atoms with Gasteiger partial charge in [-0.1, -0.05) is 29.8 Å². The van der Waals surface area contributed by atoms with Crippen LogP contribution < -0.4 is 5.32 Å². The molecule has 1 aliphatic rings. The Hall–Kier alpha value is -1.19. The smallest absolute Gasteiger partial charge is 0.114 e. The molecule has 0 spiro atoms. The summed E-state index contributed by atoms with van der Waals surface area (Å²) in [5.74, 6) is 0. The molecular weight excluding hydrogens is 240 g/mol. The molecular formula is C15H18N2S. The maximum absolute atomic E-state index is 4.65. The van der Waals surface area contributed by atoms with Gasteiger partial charge in [0.15, 0.2) is 0 Å². The lowest BCUT2D eigenvalue weighted by Crippen LogP contribution is -2.24. The highest BCUT2D eigenvalue weighted by Gasteiger charge is 2.27. The molecule has 2 nitrogen and oxygen atoms in total. The highest BCUT2D eigenvalue weighted by atomic mass is 32.1. The molecule has 1 aliphatic carbocycles. The Morgan fingerprint density at radius 2 is 2.17 bits per heavy atom. The zero-order valence-corrected chi connectivity index (χ0v) is 11.6. The number of thiazole rings is 1. The van der Waals surface area contributed by atoms with Gasteiger partial charge in [0, 0.05) is 17.1 Å². The molecule has 1 aromatic heterocycles. The summed E-state index contributed by atoms with van der Waals surface area (Å²) in [4.78, 5) is 4.65. The number of nitrogens with zero attached hydrogens (tertiary/aromatic N) is 1. The molecule has 1 saturated carbocycles. The molecule has 0 aliphatic heterocycles. The summed E-state index contributed by atoms with van der Waals surface area (Å²) in [6, 6.07) is 9.67. The van der Waals surface area contributed by atoms with Crippen LogP contribution in [-0.4, -0.2) is 11.0 Å². The Kier molecular flexibility index (Phi) is 3.18. The highest BCUT2D eigenvalue weighted by Crippen LogP contribution is 2.30. The number of aromatic nitrogens is 1. The third kappa shape index (κ3) is 2.62. The molecule has 1 heterocycles. The molecule has 3 heteroatoms. The van der Waals surface area contributed by atoms with Gasteiger partial charge in [-0.05, 0) is 32.3 Å². The van der Waals surface area contributed by atoms with Crippen LogP contribution in [0.25, 0.3) is 0 Å². The van der Waals surface area contributed by atoms with E-state index in [9.17, 15) is 0 Å². The Morgan fingerprint density at radius 3 is 2.78 bits per heavy atom. The monoisotopic (exact) mass is 258 g/mol. The number of nitrogens with one attached hydrogen (secondary N) is 1. The Bertz CT molecular complexity index is 543. The number of aryl methyl sites for hydroxylation is 2. The molecule has 1 aromatic carbocycles. The van der Waals surface area contributed by atoms with E-state index >= 15 is 0 Å². The molecule has 1 atom stereocenters. The fourth-order valence-electron chi connectivity index (χ4n) is 2.15. The number of hydrogen-bond acceptors (Lipinski definition) is 3. The van der Waals surface area contributed by atoms with Crippen molar-refractivity contribution >= 4 is 11.3 Å². The standard InChI is InChI=1S/C15H18N2S/c1-10-4-3-5-12(8-10)14(17-13-6-7-13)15-16-11(2)9-18-15/h3-5,8-9,13-14,17H,6-7H2,1-2H3. The fourth-order valence-corrected chi connectivity index (χ4v) is 3.03. The van der Waals surface area contributed by atoms with Crippen LogP contribution in [0.15, 0.2) is 29.6 Å². The van der Waals surface area contributed by atoms with Crippen molar-refractivity contribution in [2.75, 3.05) is 0 Å². The summed E-state index contributed by atoms with van der Waals surface area (Å²) in [5.41, 5.74) is 3.75. The van der Waals surface area contributed by atoms with Gasteiger partial charge in [0.25, 0.3) is 0 Å². The number of benzene rings is 1. The van der Waals surface area contributed by atoms with Crippen LogP contribution in [0.2, 0.25) is 0 Å². The first kappa shape index (κ1) is 11.9. The van der Waals surface area contributed by atoms with Crippen molar-refractivity contribution in [3.63, 3.8) is 0 Å². The third-order valence-electron chi connectivity index (χ3n) is 3.24. The van der Waals surface area contributed by atoms with Crippen LogP contribution in [0.4, 0.5) is 0 Å². The second-order valence-electron chi connectivity index (χ2n) is 5.12. The van der Waals surface area contributed by atoms with Gasteiger partial charge in [-0.25, -0.2) is 4.98 Å². The highest BCUT2D eigenvalue weighted by molar-refractivity contribution is 7.09. The summed E-state index contributed by atoms with van der Waals surface area (Å²) in [7, 11) is 0. The van der Waals surface area contributed by atoms with Crippen molar-refractivity contribution < 1.29 is 0 Å². The van der Waals surface area contributed by atoms with Crippen LogP contribution in [0.5, 0.6) is 0 Å². The molecule has 1 fully saturated rings. The summed E-state index contributed by atoms with van der Waals surface area (Å²) < 4.78 is 0. The van der Waals surface area contributed by atoms with Crippen LogP contribution in [0.1, 0.15) is 40.7 Å². The normalized spacial score (nSPS) is 16.8. The quantitative estimate of drug-likeness (QED) is 0.906. The van der Waals surface area contributed by atoms with E-state index in [0.29, 0.717) is 6.04 Å². The Morgan fingerprint density at radius 1 is 1.33 bits per heavy atom. The third-order valence-corrected chi connectivity index (χ3v) is 4.27. The average Bonchev–Trinajstić information content (AvgIpc) is 3.07. The largest absolute Gasteiger partial charge is 0.301 e. The van der Waals surface area contributed by atoms with Crippen molar-refractivity contribution in [3.05, 3.63) is 51.5 Å². The molecule has 1 N–H and O–H groups in total. The van der Waals surface area contributed by atoms with Crippen molar-refractivity contribution in [2.24, 2.45) is 0 Å². The summed E-state index contributed by atoms with van der Waals surface area (Å²) in [6.45, 7) is 4.20. The summed E-state index contributed by atoms with van der Waals surface area (Å²) in [5, 5.41) is 7.03. The minimum absolute atomic E-state index is 0.260. The van der Waals surface area contributed by atoms with Gasteiger partial charge in [0.05, 0.1) is 6.04 Å². The fraction of sp³-hybridized carbons (Fsp3) is 0.400. The topological polar surface area (TPSA) is 24.9 Å². The molecule has 0 radical (unpaired) electrons. The SMILES string of the molecule is Cc1cccc(C(NC2CC2)c2nc(C)cs2)c1. The van der Waals surface area contributed by atoms with E-state index in [1.165, 1.54) is 29.0 Å². The average molecular weight is 258 g/mol. The van der Waals surface area contributed by atoms with E-state index in [1.807, 2.05) is 0 Å². The van der Waals surface area contributed by atoms with E-state index in [2.05, 4.69) is 53.8 Å². The first-order chi connectivity index (χ1) is 8.72. The second-order valence-corrected chi connectivity index (χ2v) is 6.00. The minimum atomic E-state index is 0.260. The Labute approximate surface area is 112 Å². The van der Waals surface area contributed by atoms with Crippen molar-refractivity contribution in [2.45, 2.75) is 38.8 Å². The van der Waals surface area contributed by atoms with E-state index < -0.39 is 0 Å². The zero-order valence-electron chi connectivity index (χ0n) is 10.8. The van der Waals surface area contributed by atoms with Gasteiger partial charge in [-0.2, -0.15) is 0 Å². The lowest BCUT2D eigenvalue weighted by Gasteiger charge is -2.17. The van der Waals surface area contributed by atoms with Gasteiger partial charge >= 0.3 is 0 Å².